The molecule has 0 aliphatic carbocycles. The number of rotatable bonds is 3. The Labute approximate surface area is 111 Å². The van der Waals surface area contributed by atoms with Crippen LogP contribution < -0.4 is 22.3 Å². The first kappa shape index (κ1) is 14.6. The summed E-state index contributed by atoms with van der Waals surface area (Å²) < 4.78 is 5.03. The van der Waals surface area contributed by atoms with Crippen LogP contribution in [0.2, 0.25) is 0 Å². The SMILES string of the molecule is CC(C)(C)OC(=O)NNc1ccc(C(N)=O)cc1N. The monoisotopic (exact) mass is 266 g/mol. The van der Waals surface area contributed by atoms with Gasteiger partial charge in [-0.05, 0) is 39.0 Å². The summed E-state index contributed by atoms with van der Waals surface area (Å²) in [5.74, 6) is -0.571. The van der Waals surface area contributed by atoms with Gasteiger partial charge in [0.15, 0.2) is 0 Å². The van der Waals surface area contributed by atoms with Crippen LogP contribution in [0.5, 0.6) is 0 Å². The van der Waals surface area contributed by atoms with Crippen LogP contribution in [0.4, 0.5) is 16.2 Å². The highest BCUT2D eigenvalue weighted by atomic mass is 16.6. The van der Waals surface area contributed by atoms with Crippen molar-refractivity contribution in [2.45, 2.75) is 26.4 Å². The lowest BCUT2D eigenvalue weighted by Crippen LogP contribution is -2.36. The fraction of sp³-hybridized carbons (Fsp3) is 0.333. The first-order chi connectivity index (χ1) is 8.69. The van der Waals surface area contributed by atoms with E-state index in [9.17, 15) is 9.59 Å². The minimum atomic E-state index is -0.633. The summed E-state index contributed by atoms with van der Waals surface area (Å²) in [5.41, 5.74) is 16.2. The Kier molecular flexibility index (Phi) is 4.21. The average Bonchev–Trinajstić information content (AvgIpc) is 2.24. The van der Waals surface area contributed by atoms with Crippen molar-refractivity contribution in [3.05, 3.63) is 23.8 Å². The van der Waals surface area contributed by atoms with Crippen LogP contribution in [0, 0.1) is 0 Å². The number of carbonyl (C=O) groups is 2. The maximum absolute atomic E-state index is 11.4. The van der Waals surface area contributed by atoms with Gasteiger partial charge in [-0.1, -0.05) is 0 Å². The number of anilines is 2. The molecule has 104 valence electrons. The molecule has 6 N–H and O–H groups in total. The molecule has 7 heteroatoms. The zero-order valence-electron chi connectivity index (χ0n) is 11.1. The molecule has 0 saturated carbocycles. The Bertz CT molecular complexity index is 494. The predicted octanol–water partition coefficient (Wildman–Crippen LogP) is 1.22. The van der Waals surface area contributed by atoms with Crippen molar-refractivity contribution in [2.24, 2.45) is 5.73 Å². The lowest BCUT2D eigenvalue weighted by molar-refractivity contribution is 0.0541. The topological polar surface area (TPSA) is 119 Å². The molecule has 0 aromatic heterocycles. The number of nitrogens with one attached hydrogen (secondary N) is 2. The first-order valence-electron chi connectivity index (χ1n) is 5.63. The molecule has 0 saturated heterocycles. The maximum Gasteiger partial charge on any atom is 0.426 e. The molecule has 1 aromatic rings. The largest absolute Gasteiger partial charge is 0.443 e. The van der Waals surface area contributed by atoms with Crippen molar-refractivity contribution in [3.63, 3.8) is 0 Å². The van der Waals surface area contributed by atoms with E-state index in [1.54, 1.807) is 20.8 Å². The normalized spacial score (nSPS) is 10.7. The van der Waals surface area contributed by atoms with E-state index < -0.39 is 17.6 Å². The smallest absolute Gasteiger partial charge is 0.426 e. The maximum atomic E-state index is 11.4. The number of nitrogen functional groups attached to an aromatic ring is 1. The minimum absolute atomic E-state index is 0.285. The highest BCUT2D eigenvalue weighted by Gasteiger charge is 2.16. The second kappa shape index (κ2) is 5.47. The molecule has 19 heavy (non-hydrogen) atoms. The molecule has 0 heterocycles. The highest BCUT2D eigenvalue weighted by Crippen LogP contribution is 2.18. The third-order valence-electron chi connectivity index (χ3n) is 2.03. The summed E-state index contributed by atoms with van der Waals surface area (Å²) in [4.78, 5) is 22.4. The lowest BCUT2D eigenvalue weighted by Gasteiger charge is -2.20. The van der Waals surface area contributed by atoms with Crippen LogP contribution in [0.3, 0.4) is 0 Å². The molecule has 0 unspecified atom stereocenters. The van der Waals surface area contributed by atoms with Gasteiger partial charge < -0.3 is 16.2 Å². The molecule has 0 spiro atoms. The van der Waals surface area contributed by atoms with Gasteiger partial charge in [0.05, 0.1) is 11.4 Å². The number of hydrogen-bond donors (Lipinski definition) is 4. The van der Waals surface area contributed by atoms with E-state index >= 15 is 0 Å². The van der Waals surface area contributed by atoms with Crippen LogP contribution in [0.15, 0.2) is 18.2 Å². The van der Waals surface area contributed by atoms with Gasteiger partial charge in [0.25, 0.3) is 0 Å². The third-order valence-corrected chi connectivity index (χ3v) is 2.03. The van der Waals surface area contributed by atoms with Crippen molar-refractivity contribution in [1.29, 1.82) is 0 Å². The number of ether oxygens (including phenoxy) is 1. The van der Waals surface area contributed by atoms with Crippen LogP contribution in [-0.4, -0.2) is 17.6 Å². The van der Waals surface area contributed by atoms with E-state index in [-0.39, 0.29) is 5.69 Å². The molecule has 2 amide bonds. The van der Waals surface area contributed by atoms with E-state index in [0.717, 1.165) is 0 Å². The average molecular weight is 266 g/mol. The number of primary amides is 1. The number of hydrogen-bond acceptors (Lipinski definition) is 5. The molecule has 0 atom stereocenters. The Morgan fingerprint density at radius 1 is 1.26 bits per heavy atom. The number of benzene rings is 1. The quantitative estimate of drug-likeness (QED) is 0.484. The van der Waals surface area contributed by atoms with Gasteiger partial charge >= 0.3 is 6.09 Å². The van der Waals surface area contributed by atoms with Gasteiger partial charge in [0.1, 0.15) is 5.60 Å². The summed E-state index contributed by atoms with van der Waals surface area (Å²) in [6.07, 6.45) is -0.633. The van der Waals surface area contributed by atoms with Crippen LogP contribution in [0.1, 0.15) is 31.1 Å². The van der Waals surface area contributed by atoms with Crippen molar-refractivity contribution in [3.8, 4) is 0 Å². The first-order valence-corrected chi connectivity index (χ1v) is 5.63. The van der Waals surface area contributed by atoms with E-state index in [1.807, 2.05) is 0 Å². The van der Waals surface area contributed by atoms with Crippen molar-refractivity contribution in [2.75, 3.05) is 11.2 Å². The fourth-order valence-electron chi connectivity index (χ4n) is 1.25. The predicted molar refractivity (Wildman–Crippen MR) is 72.4 cm³/mol. The standard InChI is InChI=1S/C12H18N4O3/c1-12(2,3)19-11(18)16-15-9-5-4-7(10(14)17)6-8(9)13/h4-6,15H,13H2,1-3H3,(H2,14,17)(H,16,18). The molecule has 0 radical (unpaired) electrons. The third kappa shape index (κ3) is 4.74. The van der Waals surface area contributed by atoms with Crippen molar-refractivity contribution in [1.82, 2.24) is 5.43 Å². The van der Waals surface area contributed by atoms with Crippen molar-refractivity contribution < 1.29 is 14.3 Å². The number of hydrazine groups is 1. The van der Waals surface area contributed by atoms with Crippen molar-refractivity contribution >= 4 is 23.4 Å². The number of carbonyl (C=O) groups excluding carboxylic acids is 2. The summed E-state index contributed by atoms with van der Waals surface area (Å²) in [7, 11) is 0. The Balaban J connectivity index is 2.64. The molecule has 1 aromatic carbocycles. The van der Waals surface area contributed by atoms with Gasteiger partial charge in [-0.2, -0.15) is 0 Å². The molecule has 0 aliphatic heterocycles. The summed E-state index contributed by atoms with van der Waals surface area (Å²) >= 11 is 0. The zero-order chi connectivity index (χ0) is 14.6. The van der Waals surface area contributed by atoms with Crippen LogP contribution in [-0.2, 0) is 4.74 Å². The van der Waals surface area contributed by atoms with E-state index in [2.05, 4.69) is 10.9 Å². The van der Waals surface area contributed by atoms with Crippen LogP contribution >= 0.6 is 0 Å². The van der Waals surface area contributed by atoms with Gasteiger partial charge in [0, 0.05) is 5.56 Å². The van der Waals surface area contributed by atoms with Gasteiger partial charge in [-0.15, -0.1) is 0 Å². The molecule has 0 bridgehead atoms. The van der Waals surface area contributed by atoms with E-state index in [4.69, 9.17) is 16.2 Å². The molecular weight excluding hydrogens is 248 g/mol. The second-order valence-electron chi connectivity index (χ2n) is 4.92. The van der Waals surface area contributed by atoms with Gasteiger partial charge in [-0.25, -0.2) is 10.2 Å². The molecule has 0 fully saturated rings. The lowest BCUT2D eigenvalue weighted by atomic mass is 10.1. The summed E-state index contributed by atoms with van der Waals surface area (Å²) in [6, 6.07) is 4.45. The molecule has 1 rings (SSSR count). The molecular formula is C12H18N4O3. The summed E-state index contributed by atoms with van der Waals surface area (Å²) in [5, 5.41) is 0. The second-order valence-corrected chi connectivity index (χ2v) is 4.92. The van der Waals surface area contributed by atoms with E-state index in [1.165, 1.54) is 18.2 Å². The molecule has 0 aliphatic rings. The number of amides is 2. The minimum Gasteiger partial charge on any atom is -0.443 e. The molecule has 7 nitrogen and oxygen atoms in total. The Morgan fingerprint density at radius 2 is 1.89 bits per heavy atom. The van der Waals surface area contributed by atoms with Gasteiger partial charge in [0.2, 0.25) is 5.91 Å². The Morgan fingerprint density at radius 3 is 2.37 bits per heavy atom. The van der Waals surface area contributed by atoms with E-state index in [0.29, 0.717) is 11.3 Å². The highest BCUT2D eigenvalue weighted by molar-refractivity contribution is 5.94. The summed E-state index contributed by atoms with van der Waals surface area (Å²) in [6.45, 7) is 5.26. The zero-order valence-corrected chi connectivity index (χ0v) is 11.1. The fourth-order valence-corrected chi connectivity index (χ4v) is 1.25. The number of nitrogens with two attached hydrogens (primary N) is 2. The Hall–Kier alpha value is -2.44. The van der Waals surface area contributed by atoms with Gasteiger partial charge in [-0.3, -0.25) is 10.2 Å². The van der Waals surface area contributed by atoms with Crippen LogP contribution in [0.25, 0.3) is 0 Å².